The molecule has 1 heterocycles. The third-order valence-corrected chi connectivity index (χ3v) is 2.89. The van der Waals surface area contributed by atoms with Crippen molar-refractivity contribution in [3.05, 3.63) is 30.1 Å². The van der Waals surface area contributed by atoms with Gasteiger partial charge in [0.1, 0.15) is 0 Å². The first kappa shape index (κ1) is 12.2. The lowest BCUT2D eigenvalue weighted by Crippen LogP contribution is -2.02. The molecule has 2 heteroatoms. The van der Waals surface area contributed by atoms with Crippen LogP contribution in [0, 0.1) is 11.8 Å². The highest BCUT2D eigenvalue weighted by Crippen LogP contribution is 2.18. The molecule has 17 heavy (non-hydrogen) atoms. The molecule has 1 aromatic heterocycles. The molecule has 0 aliphatic heterocycles. The third-order valence-electron chi connectivity index (χ3n) is 2.89. The molecule has 0 bridgehead atoms. The van der Waals surface area contributed by atoms with E-state index in [1.165, 1.54) is 11.1 Å². The maximum absolute atomic E-state index is 4.50. The Labute approximate surface area is 104 Å². The van der Waals surface area contributed by atoms with E-state index in [0.29, 0.717) is 11.8 Å². The fourth-order valence-corrected chi connectivity index (χ4v) is 2.25. The lowest BCUT2D eigenvalue weighted by atomic mass is 10.0. The average Bonchev–Trinajstić information content (AvgIpc) is 2.59. The van der Waals surface area contributed by atoms with Crippen molar-refractivity contribution in [2.45, 2.75) is 40.7 Å². The molecule has 0 amide bonds. The second kappa shape index (κ2) is 4.91. The summed E-state index contributed by atoms with van der Waals surface area (Å²) in [4.78, 5) is 4.50. The van der Waals surface area contributed by atoms with Crippen LogP contribution in [0.5, 0.6) is 0 Å². The predicted molar refractivity (Wildman–Crippen MR) is 73.1 cm³/mol. The van der Waals surface area contributed by atoms with E-state index in [0.717, 1.165) is 18.5 Å². The lowest BCUT2D eigenvalue weighted by molar-refractivity contribution is 0.533. The number of rotatable bonds is 4. The van der Waals surface area contributed by atoms with Crippen molar-refractivity contribution in [2.75, 3.05) is 0 Å². The summed E-state index contributed by atoms with van der Waals surface area (Å²) in [6.07, 6.45) is 3.09. The molecule has 0 N–H and O–H groups in total. The second-order valence-electron chi connectivity index (χ2n) is 5.71. The maximum atomic E-state index is 4.50. The molecule has 2 aromatic rings. The largest absolute Gasteiger partial charge is 0.330 e. The van der Waals surface area contributed by atoms with Crippen molar-refractivity contribution in [3.63, 3.8) is 0 Å². The SMILES string of the molecule is CC(C)Cc1ccc2c(c1)ncn2CC(C)C. The van der Waals surface area contributed by atoms with E-state index in [-0.39, 0.29) is 0 Å². The van der Waals surface area contributed by atoms with Crippen molar-refractivity contribution >= 4 is 11.0 Å². The van der Waals surface area contributed by atoms with Gasteiger partial charge in [0.15, 0.2) is 0 Å². The molecular weight excluding hydrogens is 208 g/mol. The second-order valence-corrected chi connectivity index (χ2v) is 5.71. The number of aromatic nitrogens is 2. The molecule has 1 aromatic carbocycles. The van der Waals surface area contributed by atoms with E-state index < -0.39 is 0 Å². The van der Waals surface area contributed by atoms with Crippen LogP contribution in [0.1, 0.15) is 33.3 Å². The number of fused-ring (bicyclic) bond motifs is 1. The van der Waals surface area contributed by atoms with Crippen LogP contribution in [0.4, 0.5) is 0 Å². The molecule has 0 spiro atoms. The van der Waals surface area contributed by atoms with E-state index in [1.54, 1.807) is 0 Å². The minimum atomic E-state index is 0.655. The Morgan fingerprint density at radius 3 is 2.53 bits per heavy atom. The van der Waals surface area contributed by atoms with E-state index >= 15 is 0 Å². The number of imidazole rings is 1. The van der Waals surface area contributed by atoms with Crippen LogP contribution in [0.15, 0.2) is 24.5 Å². The highest BCUT2D eigenvalue weighted by Gasteiger charge is 2.06. The van der Waals surface area contributed by atoms with Gasteiger partial charge in [-0.1, -0.05) is 33.8 Å². The summed E-state index contributed by atoms with van der Waals surface area (Å²) in [5.74, 6) is 1.35. The van der Waals surface area contributed by atoms with Gasteiger partial charge in [-0.25, -0.2) is 4.98 Å². The smallest absolute Gasteiger partial charge is 0.0958 e. The molecule has 0 saturated heterocycles. The minimum absolute atomic E-state index is 0.655. The third kappa shape index (κ3) is 2.87. The van der Waals surface area contributed by atoms with Gasteiger partial charge in [0.25, 0.3) is 0 Å². The fourth-order valence-electron chi connectivity index (χ4n) is 2.25. The summed E-state index contributed by atoms with van der Waals surface area (Å²) in [7, 11) is 0. The Morgan fingerprint density at radius 2 is 1.88 bits per heavy atom. The zero-order valence-corrected chi connectivity index (χ0v) is 11.3. The summed E-state index contributed by atoms with van der Waals surface area (Å²) in [5.41, 5.74) is 3.78. The quantitative estimate of drug-likeness (QED) is 0.779. The zero-order valence-electron chi connectivity index (χ0n) is 11.3. The van der Waals surface area contributed by atoms with Gasteiger partial charge in [0.2, 0.25) is 0 Å². The van der Waals surface area contributed by atoms with E-state index in [2.05, 4.69) is 55.4 Å². The summed E-state index contributed by atoms with van der Waals surface area (Å²) in [6, 6.07) is 6.68. The van der Waals surface area contributed by atoms with Gasteiger partial charge in [-0.2, -0.15) is 0 Å². The Bertz CT molecular complexity index is 495. The highest BCUT2D eigenvalue weighted by molar-refractivity contribution is 5.76. The molecular formula is C15H22N2. The Kier molecular flexibility index (Phi) is 3.51. The van der Waals surface area contributed by atoms with Gasteiger partial charge in [-0.3, -0.25) is 0 Å². The van der Waals surface area contributed by atoms with Crippen LogP contribution in [-0.2, 0) is 13.0 Å². The highest BCUT2D eigenvalue weighted by atomic mass is 15.0. The number of nitrogens with zero attached hydrogens (tertiary/aromatic N) is 2. The van der Waals surface area contributed by atoms with Crippen LogP contribution < -0.4 is 0 Å². The topological polar surface area (TPSA) is 17.8 Å². The van der Waals surface area contributed by atoms with Crippen LogP contribution in [-0.4, -0.2) is 9.55 Å². The first-order valence-corrected chi connectivity index (χ1v) is 6.50. The molecule has 0 aliphatic rings. The molecule has 0 radical (unpaired) electrons. The van der Waals surface area contributed by atoms with Crippen molar-refractivity contribution in [3.8, 4) is 0 Å². The Hall–Kier alpha value is -1.31. The molecule has 0 saturated carbocycles. The zero-order chi connectivity index (χ0) is 12.4. The van der Waals surface area contributed by atoms with Gasteiger partial charge in [0.05, 0.1) is 17.4 Å². The predicted octanol–water partition coefficient (Wildman–Crippen LogP) is 3.89. The first-order valence-electron chi connectivity index (χ1n) is 6.50. The summed E-state index contributed by atoms with van der Waals surface area (Å²) >= 11 is 0. The first-order chi connectivity index (χ1) is 8.06. The minimum Gasteiger partial charge on any atom is -0.330 e. The van der Waals surface area contributed by atoms with Crippen molar-refractivity contribution in [1.82, 2.24) is 9.55 Å². The van der Waals surface area contributed by atoms with Crippen LogP contribution >= 0.6 is 0 Å². The van der Waals surface area contributed by atoms with Crippen LogP contribution in [0.25, 0.3) is 11.0 Å². The van der Waals surface area contributed by atoms with E-state index in [9.17, 15) is 0 Å². The monoisotopic (exact) mass is 230 g/mol. The van der Waals surface area contributed by atoms with Crippen LogP contribution in [0.2, 0.25) is 0 Å². The van der Waals surface area contributed by atoms with Crippen LogP contribution in [0.3, 0.4) is 0 Å². The summed E-state index contributed by atoms with van der Waals surface area (Å²) in [5, 5.41) is 0. The number of hydrogen-bond acceptors (Lipinski definition) is 1. The molecule has 2 rings (SSSR count). The number of hydrogen-bond donors (Lipinski definition) is 0. The number of benzene rings is 1. The van der Waals surface area contributed by atoms with Crippen molar-refractivity contribution < 1.29 is 0 Å². The molecule has 0 atom stereocenters. The Balaban J connectivity index is 2.31. The lowest BCUT2D eigenvalue weighted by Gasteiger charge is -2.08. The van der Waals surface area contributed by atoms with Gasteiger partial charge in [-0.15, -0.1) is 0 Å². The Morgan fingerprint density at radius 1 is 1.12 bits per heavy atom. The molecule has 0 fully saturated rings. The fraction of sp³-hybridized carbons (Fsp3) is 0.533. The van der Waals surface area contributed by atoms with Gasteiger partial charge >= 0.3 is 0 Å². The molecule has 0 unspecified atom stereocenters. The normalized spacial score (nSPS) is 11.9. The molecule has 2 nitrogen and oxygen atoms in total. The molecule has 92 valence electrons. The standard InChI is InChI=1S/C15H22N2/c1-11(2)7-13-5-6-15-14(8-13)16-10-17(15)9-12(3)4/h5-6,8,10-12H,7,9H2,1-4H3. The van der Waals surface area contributed by atoms with E-state index in [4.69, 9.17) is 0 Å². The van der Waals surface area contributed by atoms with Crippen molar-refractivity contribution in [1.29, 1.82) is 0 Å². The summed E-state index contributed by atoms with van der Waals surface area (Å²) in [6.45, 7) is 10.0. The maximum Gasteiger partial charge on any atom is 0.0958 e. The van der Waals surface area contributed by atoms with Gasteiger partial charge in [0, 0.05) is 6.54 Å². The van der Waals surface area contributed by atoms with E-state index in [1.807, 2.05) is 6.33 Å². The van der Waals surface area contributed by atoms with Gasteiger partial charge in [-0.05, 0) is 36.0 Å². The van der Waals surface area contributed by atoms with Crippen molar-refractivity contribution in [2.24, 2.45) is 11.8 Å². The average molecular weight is 230 g/mol. The van der Waals surface area contributed by atoms with Gasteiger partial charge < -0.3 is 4.57 Å². The summed E-state index contributed by atoms with van der Waals surface area (Å²) < 4.78 is 2.25. The molecule has 0 aliphatic carbocycles.